The number of benzene rings is 2. The molecule has 0 fully saturated rings. The molecular formula is C28H38O10. The third-order valence-electron chi connectivity index (χ3n) is 4.80. The fourth-order valence-corrected chi connectivity index (χ4v) is 3.01. The molecule has 2 N–H and O–H groups in total. The summed E-state index contributed by atoms with van der Waals surface area (Å²) in [7, 11) is 0. The van der Waals surface area contributed by atoms with E-state index in [4.69, 9.17) is 33.2 Å². The first-order valence-electron chi connectivity index (χ1n) is 12.4. The fourth-order valence-electron chi connectivity index (χ4n) is 3.01. The van der Waals surface area contributed by atoms with Gasteiger partial charge in [-0.3, -0.25) is 0 Å². The summed E-state index contributed by atoms with van der Waals surface area (Å²) in [6.07, 6.45) is -0.633. The lowest BCUT2D eigenvalue weighted by atomic mass is 10.2. The summed E-state index contributed by atoms with van der Waals surface area (Å²) in [6, 6.07) is 14.9. The third-order valence-corrected chi connectivity index (χ3v) is 4.80. The number of carbonyl (C=O) groups excluding carboxylic acids is 1. The number of hydrogen-bond donors (Lipinski definition) is 2. The number of aryl methyl sites for hydroxylation is 1. The van der Waals surface area contributed by atoms with E-state index in [-0.39, 0.29) is 39.6 Å². The molecule has 2 atom stereocenters. The highest BCUT2D eigenvalue weighted by atomic mass is 16.6. The maximum Gasteiger partial charge on any atom is 0.330 e. The Morgan fingerprint density at radius 2 is 1.18 bits per heavy atom. The van der Waals surface area contributed by atoms with Crippen LogP contribution in [0.2, 0.25) is 0 Å². The van der Waals surface area contributed by atoms with Crippen LogP contribution in [0.25, 0.3) is 0 Å². The van der Waals surface area contributed by atoms with Crippen molar-refractivity contribution >= 4 is 5.97 Å². The maximum absolute atomic E-state index is 11.0. The zero-order chi connectivity index (χ0) is 27.4. The van der Waals surface area contributed by atoms with E-state index in [9.17, 15) is 15.0 Å². The van der Waals surface area contributed by atoms with Gasteiger partial charge in [0.1, 0.15) is 55.9 Å². The van der Waals surface area contributed by atoms with Gasteiger partial charge in [-0.15, -0.1) is 0 Å². The number of carbonyl (C=O) groups is 1. The van der Waals surface area contributed by atoms with Gasteiger partial charge in [0.05, 0.1) is 39.6 Å². The first-order chi connectivity index (χ1) is 18.5. The maximum atomic E-state index is 11.0. The van der Waals surface area contributed by atoms with Crippen LogP contribution in [0.1, 0.15) is 5.56 Å². The Morgan fingerprint density at radius 1 is 0.737 bits per heavy atom. The minimum Gasteiger partial charge on any atom is -0.491 e. The fraction of sp³-hybridized carbons (Fsp3) is 0.464. The molecule has 0 saturated carbocycles. The van der Waals surface area contributed by atoms with E-state index in [0.29, 0.717) is 37.9 Å². The van der Waals surface area contributed by atoms with E-state index in [1.807, 2.05) is 31.2 Å². The van der Waals surface area contributed by atoms with Gasteiger partial charge >= 0.3 is 5.97 Å². The normalized spacial score (nSPS) is 12.4. The van der Waals surface area contributed by atoms with Gasteiger partial charge < -0.3 is 43.4 Å². The van der Waals surface area contributed by atoms with Crippen molar-refractivity contribution in [1.29, 1.82) is 0 Å². The molecule has 2 aromatic rings. The summed E-state index contributed by atoms with van der Waals surface area (Å²) in [4.78, 5) is 11.0. The number of esters is 1. The lowest BCUT2D eigenvalue weighted by Gasteiger charge is -2.13. The highest BCUT2D eigenvalue weighted by Gasteiger charge is 2.08. The van der Waals surface area contributed by atoms with Crippen LogP contribution in [-0.4, -0.2) is 94.5 Å². The van der Waals surface area contributed by atoms with Crippen LogP contribution < -0.4 is 14.2 Å². The van der Waals surface area contributed by atoms with Gasteiger partial charge in [-0.05, 0) is 36.8 Å². The smallest absolute Gasteiger partial charge is 0.330 e. The Labute approximate surface area is 223 Å². The monoisotopic (exact) mass is 534 g/mol. The third kappa shape index (κ3) is 14.6. The lowest BCUT2D eigenvalue weighted by Crippen LogP contribution is -2.24. The first-order valence-corrected chi connectivity index (χ1v) is 12.4. The molecule has 2 unspecified atom stereocenters. The minimum atomic E-state index is -0.921. The molecule has 2 aromatic carbocycles. The second-order valence-electron chi connectivity index (χ2n) is 8.20. The van der Waals surface area contributed by atoms with Crippen molar-refractivity contribution in [3.05, 3.63) is 66.7 Å². The van der Waals surface area contributed by atoms with Crippen LogP contribution in [0, 0.1) is 6.92 Å². The summed E-state index contributed by atoms with van der Waals surface area (Å²) in [6.45, 7) is 7.32. The first kappa shape index (κ1) is 31.1. The van der Waals surface area contributed by atoms with Crippen molar-refractivity contribution in [3.63, 3.8) is 0 Å². The molecule has 0 radical (unpaired) electrons. The van der Waals surface area contributed by atoms with Crippen molar-refractivity contribution < 1.29 is 48.2 Å². The van der Waals surface area contributed by atoms with Crippen LogP contribution in [0.3, 0.4) is 0 Å². The molecular weight excluding hydrogens is 496 g/mol. The number of aliphatic hydroxyl groups excluding tert-OH is 2. The summed E-state index contributed by atoms with van der Waals surface area (Å²) in [5.74, 6) is 1.41. The predicted molar refractivity (Wildman–Crippen MR) is 140 cm³/mol. The highest BCUT2D eigenvalue weighted by molar-refractivity contribution is 5.81. The molecule has 0 aromatic heterocycles. The summed E-state index contributed by atoms with van der Waals surface area (Å²) in [5.41, 5.74) is 1.13. The molecule has 0 bridgehead atoms. The molecule has 0 amide bonds. The van der Waals surface area contributed by atoms with E-state index < -0.39 is 18.2 Å². The molecule has 210 valence electrons. The van der Waals surface area contributed by atoms with E-state index in [1.165, 1.54) is 0 Å². The van der Waals surface area contributed by atoms with E-state index in [2.05, 4.69) is 6.58 Å². The Balaban J connectivity index is 1.47. The van der Waals surface area contributed by atoms with Crippen LogP contribution in [0.15, 0.2) is 61.2 Å². The van der Waals surface area contributed by atoms with Gasteiger partial charge in [-0.1, -0.05) is 24.8 Å². The molecule has 38 heavy (non-hydrogen) atoms. The molecule has 10 heteroatoms. The summed E-state index contributed by atoms with van der Waals surface area (Å²) >= 11 is 0. The van der Waals surface area contributed by atoms with Gasteiger partial charge in [0, 0.05) is 12.1 Å². The second kappa shape index (κ2) is 19.0. The Kier molecular flexibility index (Phi) is 15.5. The largest absolute Gasteiger partial charge is 0.491 e. The van der Waals surface area contributed by atoms with Crippen molar-refractivity contribution in [3.8, 4) is 17.2 Å². The zero-order valence-electron chi connectivity index (χ0n) is 21.8. The van der Waals surface area contributed by atoms with Crippen LogP contribution in [-0.2, 0) is 23.7 Å². The average Bonchev–Trinajstić information content (AvgIpc) is 2.91. The topological polar surface area (TPSA) is 122 Å². The van der Waals surface area contributed by atoms with Gasteiger partial charge in [0.15, 0.2) is 0 Å². The van der Waals surface area contributed by atoms with Crippen molar-refractivity contribution in [2.24, 2.45) is 0 Å². The number of ether oxygens (including phenoxy) is 7. The van der Waals surface area contributed by atoms with Gasteiger partial charge in [-0.2, -0.15) is 0 Å². The van der Waals surface area contributed by atoms with Crippen LogP contribution in [0.5, 0.6) is 17.2 Å². The second-order valence-corrected chi connectivity index (χ2v) is 8.20. The molecule has 10 nitrogen and oxygen atoms in total. The Hall–Kier alpha value is -3.15. The highest BCUT2D eigenvalue weighted by Crippen LogP contribution is 2.19. The van der Waals surface area contributed by atoms with Crippen molar-refractivity contribution in [2.75, 3.05) is 66.1 Å². The van der Waals surface area contributed by atoms with Gasteiger partial charge in [0.25, 0.3) is 0 Å². The molecule has 0 saturated heterocycles. The Morgan fingerprint density at radius 3 is 1.66 bits per heavy atom. The number of rotatable bonds is 21. The van der Waals surface area contributed by atoms with Crippen molar-refractivity contribution in [2.45, 2.75) is 19.1 Å². The molecule has 0 heterocycles. The summed E-state index contributed by atoms with van der Waals surface area (Å²) in [5, 5.41) is 19.6. The van der Waals surface area contributed by atoms with E-state index >= 15 is 0 Å². The Bertz CT molecular complexity index is 935. The number of aliphatic hydroxyl groups is 2. The lowest BCUT2D eigenvalue weighted by molar-refractivity contribution is -0.141. The van der Waals surface area contributed by atoms with Gasteiger partial charge in [-0.25, -0.2) is 4.79 Å². The SMILES string of the molecule is C=CC(=O)OCC(O)COCCOc1cccc(OCCOCC(O)COCCOc2cccc(C)c2)c1. The standard InChI is InChI=1S/C28H38O10/c1-3-28(31)38-21-24(30)20-34-12-15-37-27-9-5-8-26(17-27)36-14-11-33-19-23(29)18-32-10-13-35-25-7-4-6-22(2)16-25/h3-9,16-17,23-24,29-30H,1,10-15,18-21H2,2H3. The molecule has 0 aliphatic carbocycles. The van der Waals surface area contributed by atoms with Crippen LogP contribution >= 0.6 is 0 Å². The zero-order valence-corrected chi connectivity index (χ0v) is 21.8. The molecule has 0 aliphatic heterocycles. The van der Waals surface area contributed by atoms with Crippen LogP contribution in [0.4, 0.5) is 0 Å². The molecule has 0 aliphatic rings. The van der Waals surface area contributed by atoms with E-state index in [1.54, 1.807) is 24.3 Å². The average molecular weight is 535 g/mol. The quantitative estimate of drug-likeness (QED) is 0.140. The minimum absolute atomic E-state index is 0.0141. The molecule has 2 rings (SSSR count). The van der Waals surface area contributed by atoms with Gasteiger partial charge in [0.2, 0.25) is 0 Å². The predicted octanol–water partition coefficient (Wildman–Crippen LogP) is 2.33. The van der Waals surface area contributed by atoms with E-state index in [0.717, 1.165) is 17.4 Å². The molecule has 0 spiro atoms. The number of hydrogen-bond acceptors (Lipinski definition) is 10. The van der Waals surface area contributed by atoms with Crippen molar-refractivity contribution in [1.82, 2.24) is 0 Å². The summed E-state index contributed by atoms with van der Waals surface area (Å²) < 4.78 is 37.8.